The lowest BCUT2D eigenvalue weighted by molar-refractivity contribution is 0.0682. The minimum Gasteiger partial charge on any atom is -0.475 e. The van der Waals surface area contributed by atoms with Crippen molar-refractivity contribution in [2.45, 2.75) is 12.5 Å². The van der Waals surface area contributed by atoms with Crippen LogP contribution in [0.1, 0.15) is 23.1 Å². The summed E-state index contributed by atoms with van der Waals surface area (Å²) in [6.07, 6.45) is 0.974. The molecule has 2 aliphatic heterocycles. The third-order valence-electron chi connectivity index (χ3n) is 3.23. The van der Waals surface area contributed by atoms with Crippen LogP contribution in [0.5, 0.6) is 0 Å². The molecule has 3 rings (SSSR count). The van der Waals surface area contributed by atoms with E-state index in [0.717, 1.165) is 26.1 Å². The predicted octanol–water partition coefficient (Wildman–Crippen LogP) is -0.448. The van der Waals surface area contributed by atoms with Gasteiger partial charge in [0.15, 0.2) is 0 Å². The summed E-state index contributed by atoms with van der Waals surface area (Å²) < 4.78 is 1.73. The maximum atomic E-state index is 10.8. The molecule has 16 heavy (non-hydrogen) atoms. The van der Waals surface area contributed by atoms with Crippen molar-refractivity contribution in [1.29, 1.82) is 0 Å². The van der Waals surface area contributed by atoms with Gasteiger partial charge in [-0.05, 0) is 13.0 Å². The molecule has 3 heterocycles. The van der Waals surface area contributed by atoms with Gasteiger partial charge in [-0.15, -0.1) is 5.10 Å². The van der Waals surface area contributed by atoms with Gasteiger partial charge < -0.3 is 15.7 Å². The fourth-order valence-electron chi connectivity index (χ4n) is 2.43. The lowest BCUT2D eigenvalue weighted by Gasteiger charge is -2.36. The van der Waals surface area contributed by atoms with Crippen LogP contribution < -0.4 is 10.6 Å². The van der Waals surface area contributed by atoms with Gasteiger partial charge >= 0.3 is 5.97 Å². The topological polar surface area (TPSA) is 92.1 Å². The maximum absolute atomic E-state index is 10.8. The first kappa shape index (κ1) is 9.59. The molecule has 0 bridgehead atoms. The van der Waals surface area contributed by atoms with Crippen molar-refractivity contribution in [3.8, 4) is 0 Å². The molecule has 1 aromatic rings. The Morgan fingerprint density at radius 1 is 1.50 bits per heavy atom. The number of carbonyl (C=O) groups is 1. The largest absolute Gasteiger partial charge is 0.475 e. The first-order valence-corrected chi connectivity index (χ1v) is 5.40. The fourth-order valence-corrected chi connectivity index (χ4v) is 2.43. The zero-order valence-electron chi connectivity index (χ0n) is 8.68. The normalized spacial score (nSPS) is 27.8. The number of fused-ring (bicyclic) bond motifs is 3. The Morgan fingerprint density at radius 3 is 3.19 bits per heavy atom. The van der Waals surface area contributed by atoms with Crippen LogP contribution in [-0.2, 0) is 0 Å². The number of aromatic carboxylic acids is 1. The van der Waals surface area contributed by atoms with E-state index in [1.54, 1.807) is 4.68 Å². The quantitative estimate of drug-likeness (QED) is 0.597. The molecule has 0 saturated carbocycles. The van der Waals surface area contributed by atoms with Crippen LogP contribution in [0.2, 0.25) is 0 Å². The van der Waals surface area contributed by atoms with Crippen LogP contribution in [0.25, 0.3) is 0 Å². The molecular weight excluding hydrogens is 210 g/mol. The number of rotatable bonds is 1. The second-order valence-electron chi connectivity index (χ2n) is 4.21. The minimum atomic E-state index is -1.07. The standard InChI is InChI=1S/C9H13N5O2/c15-8(16)7-12-9-11-4-5-3-10-2-1-6(5)14(9)13-7/h5-6,10H,1-4H2,(H,15,16)(H,11,12,13). The Morgan fingerprint density at radius 2 is 2.38 bits per heavy atom. The van der Waals surface area contributed by atoms with E-state index in [1.807, 2.05) is 0 Å². The minimum absolute atomic E-state index is 0.123. The molecule has 1 aromatic heterocycles. The molecule has 1 saturated heterocycles. The Kier molecular flexibility index (Phi) is 2.06. The molecule has 0 spiro atoms. The van der Waals surface area contributed by atoms with Crippen LogP contribution >= 0.6 is 0 Å². The maximum Gasteiger partial charge on any atom is 0.375 e. The molecule has 0 aliphatic carbocycles. The van der Waals surface area contributed by atoms with E-state index in [-0.39, 0.29) is 11.9 Å². The van der Waals surface area contributed by atoms with Gasteiger partial charge in [-0.1, -0.05) is 0 Å². The van der Waals surface area contributed by atoms with E-state index in [1.165, 1.54) is 0 Å². The predicted molar refractivity (Wildman–Crippen MR) is 55.5 cm³/mol. The number of hydrogen-bond donors (Lipinski definition) is 3. The Labute approximate surface area is 91.9 Å². The molecule has 0 radical (unpaired) electrons. The second kappa shape index (κ2) is 3.44. The van der Waals surface area contributed by atoms with Crippen molar-refractivity contribution < 1.29 is 9.90 Å². The molecular formula is C9H13N5O2. The number of nitrogens with zero attached hydrogens (tertiary/aromatic N) is 3. The van der Waals surface area contributed by atoms with Crippen LogP contribution in [0, 0.1) is 5.92 Å². The van der Waals surface area contributed by atoms with E-state index in [2.05, 4.69) is 20.7 Å². The SMILES string of the molecule is O=C(O)c1nc2n(n1)C1CCNCC1CN2. The monoisotopic (exact) mass is 223 g/mol. The van der Waals surface area contributed by atoms with E-state index in [4.69, 9.17) is 5.11 Å². The molecule has 2 aliphatic rings. The highest BCUT2D eigenvalue weighted by Crippen LogP contribution is 2.30. The molecule has 2 unspecified atom stereocenters. The number of carboxylic acids is 1. The van der Waals surface area contributed by atoms with Gasteiger partial charge in [-0.25, -0.2) is 9.48 Å². The summed E-state index contributed by atoms with van der Waals surface area (Å²) in [6, 6.07) is 0.276. The van der Waals surface area contributed by atoms with Gasteiger partial charge in [0.25, 0.3) is 5.82 Å². The summed E-state index contributed by atoms with van der Waals surface area (Å²) >= 11 is 0. The van der Waals surface area contributed by atoms with Gasteiger partial charge in [-0.3, -0.25) is 0 Å². The summed E-state index contributed by atoms with van der Waals surface area (Å²) in [6.45, 7) is 2.72. The van der Waals surface area contributed by atoms with Crippen LogP contribution in [0.15, 0.2) is 0 Å². The van der Waals surface area contributed by atoms with Crippen LogP contribution in [0.4, 0.5) is 5.95 Å². The van der Waals surface area contributed by atoms with E-state index < -0.39 is 5.97 Å². The van der Waals surface area contributed by atoms with E-state index in [0.29, 0.717) is 11.9 Å². The highest BCUT2D eigenvalue weighted by atomic mass is 16.4. The summed E-state index contributed by atoms with van der Waals surface area (Å²) in [7, 11) is 0. The lowest BCUT2D eigenvalue weighted by atomic mass is 9.92. The lowest BCUT2D eigenvalue weighted by Crippen LogP contribution is -2.44. The zero-order chi connectivity index (χ0) is 11.1. The Balaban J connectivity index is 1.97. The molecule has 7 heteroatoms. The third-order valence-corrected chi connectivity index (χ3v) is 3.23. The molecule has 0 aromatic carbocycles. The van der Waals surface area contributed by atoms with Gasteiger partial charge in [-0.2, -0.15) is 4.98 Å². The van der Waals surface area contributed by atoms with Crippen molar-refractivity contribution in [3.05, 3.63) is 5.82 Å². The fraction of sp³-hybridized carbons (Fsp3) is 0.667. The van der Waals surface area contributed by atoms with Gasteiger partial charge in [0.1, 0.15) is 0 Å². The zero-order valence-corrected chi connectivity index (χ0v) is 8.68. The summed E-state index contributed by atoms with van der Waals surface area (Å²) in [4.78, 5) is 14.8. The highest BCUT2D eigenvalue weighted by molar-refractivity contribution is 5.83. The molecule has 0 amide bonds. The van der Waals surface area contributed by atoms with Crippen molar-refractivity contribution in [3.63, 3.8) is 0 Å². The van der Waals surface area contributed by atoms with E-state index in [9.17, 15) is 4.79 Å². The van der Waals surface area contributed by atoms with Gasteiger partial charge in [0, 0.05) is 19.0 Å². The van der Waals surface area contributed by atoms with Crippen molar-refractivity contribution in [2.75, 3.05) is 25.0 Å². The second-order valence-corrected chi connectivity index (χ2v) is 4.21. The summed E-state index contributed by atoms with van der Waals surface area (Å²) in [5.41, 5.74) is 0. The third kappa shape index (κ3) is 1.35. The number of nitrogens with one attached hydrogen (secondary N) is 2. The molecule has 86 valence electrons. The number of aromatic nitrogens is 3. The Hall–Kier alpha value is -1.63. The average molecular weight is 223 g/mol. The smallest absolute Gasteiger partial charge is 0.375 e. The first-order chi connectivity index (χ1) is 7.75. The average Bonchev–Trinajstić information content (AvgIpc) is 2.73. The number of piperidine rings is 1. The molecule has 1 fully saturated rings. The van der Waals surface area contributed by atoms with Gasteiger partial charge in [0.05, 0.1) is 6.04 Å². The Bertz CT molecular complexity index is 430. The number of hydrogen-bond acceptors (Lipinski definition) is 5. The molecule has 2 atom stereocenters. The van der Waals surface area contributed by atoms with Crippen LogP contribution in [0.3, 0.4) is 0 Å². The molecule has 3 N–H and O–H groups in total. The van der Waals surface area contributed by atoms with Crippen molar-refractivity contribution in [2.24, 2.45) is 5.92 Å². The van der Waals surface area contributed by atoms with Gasteiger partial charge in [0.2, 0.25) is 5.95 Å². The number of anilines is 1. The molecule has 7 nitrogen and oxygen atoms in total. The van der Waals surface area contributed by atoms with E-state index >= 15 is 0 Å². The summed E-state index contributed by atoms with van der Waals surface area (Å²) in [5.74, 6) is -0.152. The number of carboxylic acid groups (broad SMARTS) is 1. The van der Waals surface area contributed by atoms with Crippen molar-refractivity contribution >= 4 is 11.9 Å². The van der Waals surface area contributed by atoms with Crippen molar-refractivity contribution in [1.82, 2.24) is 20.1 Å². The first-order valence-electron chi connectivity index (χ1n) is 5.40. The summed E-state index contributed by atoms with van der Waals surface area (Å²) in [5, 5.41) is 19.4. The van der Waals surface area contributed by atoms with Crippen LogP contribution in [-0.4, -0.2) is 45.5 Å². The highest BCUT2D eigenvalue weighted by Gasteiger charge is 2.34.